The summed E-state index contributed by atoms with van der Waals surface area (Å²) in [6.45, 7) is 0.657. The maximum absolute atomic E-state index is 13.8. The van der Waals surface area contributed by atoms with E-state index in [-0.39, 0.29) is 22.8 Å². The molecular formula is C21H21ClF3N5O2S. The van der Waals surface area contributed by atoms with E-state index in [0.717, 1.165) is 0 Å². The quantitative estimate of drug-likeness (QED) is 0.265. The molecule has 1 aliphatic heterocycles. The number of pyridine rings is 1. The van der Waals surface area contributed by atoms with Gasteiger partial charge in [0.15, 0.2) is 0 Å². The molecule has 0 radical (unpaired) electrons. The zero-order valence-electron chi connectivity index (χ0n) is 17.8. The van der Waals surface area contributed by atoms with E-state index in [1.165, 1.54) is 36.8 Å². The molecule has 0 spiro atoms. The largest absolute Gasteiger partial charge is 0.487 e. The number of rotatable bonds is 7. The summed E-state index contributed by atoms with van der Waals surface area (Å²) < 4.78 is 43.5. The Balaban J connectivity index is 1.82. The van der Waals surface area contributed by atoms with Crippen LogP contribution < -0.4 is 15.0 Å². The van der Waals surface area contributed by atoms with Crippen molar-refractivity contribution in [1.29, 1.82) is 0 Å². The van der Waals surface area contributed by atoms with Gasteiger partial charge in [0.05, 0.1) is 24.0 Å². The monoisotopic (exact) mass is 499 g/mol. The van der Waals surface area contributed by atoms with E-state index in [2.05, 4.69) is 20.0 Å². The molecule has 7 nitrogen and oxygen atoms in total. The lowest BCUT2D eigenvalue weighted by atomic mass is 10.1. The predicted octanol–water partition coefficient (Wildman–Crippen LogP) is 4.32. The Hall–Kier alpha value is -2.92. The number of nitrogens with one attached hydrogen (secondary N) is 1. The van der Waals surface area contributed by atoms with E-state index in [1.807, 2.05) is 0 Å². The number of alkyl halides is 4. The van der Waals surface area contributed by atoms with Gasteiger partial charge < -0.3 is 19.9 Å². The lowest BCUT2D eigenvalue weighted by molar-refractivity contribution is -0.0964. The lowest BCUT2D eigenvalue weighted by Crippen LogP contribution is -2.24. The van der Waals surface area contributed by atoms with Gasteiger partial charge in [0.2, 0.25) is 0 Å². The summed E-state index contributed by atoms with van der Waals surface area (Å²) in [7, 11) is 3.57. The maximum atomic E-state index is 13.8. The Bertz CT molecular complexity index is 1050. The topological polar surface area (TPSA) is 70.1 Å². The Morgan fingerprint density at radius 3 is 2.67 bits per heavy atom. The second kappa shape index (κ2) is 10.3. The first-order valence-electron chi connectivity index (χ1n) is 9.83. The van der Waals surface area contributed by atoms with Crippen LogP contribution in [0.5, 0.6) is 5.75 Å². The van der Waals surface area contributed by atoms with Crippen molar-refractivity contribution in [1.82, 2.24) is 9.88 Å². The molecule has 33 heavy (non-hydrogen) atoms. The number of aromatic nitrogens is 1. The number of carbonyl (C=O) groups excluding carboxylic acids is 1. The van der Waals surface area contributed by atoms with Crippen molar-refractivity contribution in [2.75, 3.05) is 37.4 Å². The van der Waals surface area contributed by atoms with E-state index in [0.29, 0.717) is 30.0 Å². The fourth-order valence-corrected chi connectivity index (χ4v) is 3.37. The van der Waals surface area contributed by atoms with E-state index in [4.69, 9.17) is 23.8 Å². The molecule has 0 saturated carbocycles. The first-order chi connectivity index (χ1) is 15.5. The standard InChI is InChI=1S/C21H21ClF3N5O2S/c1-29(2)12-27-20(33)17-9-13(10-26-18(17)30-8-7-14(23)11-30)19(31)28-15-3-5-16(6-4-15)32-21(22,24)25/h3-6,9-10,12,14H,7-8,11H2,1-2H3,(H,28,31)/b27-12+/t14-/m1/s1. The van der Waals surface area contributed by atoms with Gasteiger partial charge in [-0.15, -0.1) is 8.78 Å². The van der Waals surface area contributed by atoms with E-state index < -0.39 is 17.6 Å². The number of ether oxygens (including phenoxy) is 1. The van der Waals surface area contributed by atoms with Gasteiger partial charge in [0.1, 0.15) is 22.7 Å². The van der Waals surface area contributed by atoms with Gasteiger partial charge in [-0.2, -0.15) is 0 Å². The average molecular weight is 500 g/mol. The van der Waals surface area contributed by atoms with Crippen LogP contribution in [-0.2, 0) is 0 Å². The van der Waals surface area contributed by atoms with Gasteiger partial charge >= 0.3 is 5.57 Å². The van der Waals surface area contributed by atoms with Gasteiger partial charge in [-0.25, -0.2) is 14.4 Å². The van der Waals surface area contributed by atoms with Crippen LogP contribution in [0, 0.1) is 0 Å². The molecule has 1 saturated heterocycles. The van der Waals surface area contributed by atoms with Gasteiger partial charge in [-0.1, -0.05) is 12.2 Å². The molecule has 0 aliphatic carbocycles. The normalized spacial score (nSPS) is 16.2. The molecule has 2 heterocycles. The van der Waals surface area contributed by atoms with Crippen LogP contribution in [0.4, 0.5) is 24.7 Å². The van der Waals surface area contributed by atoms with Gasteiger partial charge in [0.25, 0.3) is 5.91 Å². The fourth-order valence-electron chi connectivity index (χ4n) is 3.08. The number of nitrogens with zero attached hydrogens (tertiary/aromatic N) is 4. The first-order valence-corrected chi connectivity index (χ1v) is 10.6. The zero-order valence-corrected chi connectivity index (χ0v) is 19.3. The number of carbonyl (C=O) groups is 1. The molecule has 12 heteroatoms. The Morgan fingerprint density at radius 1 is 1.39 bits per heavy atom. The number of hydrogen-bond donors (Lipinski definition) is 1. The van der Waals surface area contributed by atoms with Gasteiger partial charge in [0, 0.05) is 44.1 Å². The summed E-state index contributed by atoms with van der Waals surface area (Å²) >= 11 is 10.2. The van der Waals surface area contributed by atoms with Crippen LogP contribution in [0.1, 0.15) is 22.3 Å². The Morgan fingerprint density at radius 2 is 2.09 bits per heavy atom. The minimum absolute atomic E-state index is 0.165. The molecule has 1 N–H and O–H groups in total. The molecule has 0 unspecified atom stereocenters. The van der Waals surface area contributed by atoms with Crippen LogP contribution >= 0.6 is 23.8 Å². The molecule has 1 aromatic heterocycles. The Kier molecular flexibility index (Phi) is 7.75. The van der Waals surface area contributed by atoms with E-state index in [1.54, 1.807) is 30.0 Å². The predicted molar refractivity (Wildman–Crippen MR) is 126 cm³/mol. The molecule has 1 aliphatic rings. The molecule has 2 aromatic rings. The summed E-state index contributed by atoms with van der Waals surface area (Å²) in [5.74, 6) is -0.214. The zero-order chi connectivity index (χ0) is 24.2. The Labute approximate surface area is 199 Å². The fraction of sp³-hybridized carbons (Fsp3) is 0.333. The average Bonchev–Trinajstić information content (AvgIpc) is 3.18. The van der Waals surface area contributed by atoms with Crippen molar-refractivity contribution < 1.29 is 22.7 Å². The van der Waals surface area contributed by atoms with Crippen molar-refractivity contribution in [2.24, 2.45) is 4.99 Å². The van der Waals surface area contributed by atoms with Crippen molar-refractivity contribution in [3.8, 4) is 5.75 Å². The second-order valence-electron chi connectivity index (χ2n) is 7.47. The molecule has 1 fully saturated rings. The van der Waals surface area contributed by atoms with E-state index >= 15 is 0 Å². The number of thiocarbonyl (C=S) groups is 1. The second-order valence-corrected chi connectivity index (χ2v) is 8.29. The third-order valence-corrected chi connectivity index (χ3v) is 4.94. The third kappa shape index (κ3) is 7.03. The van der Waals surface area contributed by atoms with Crippen molar-refractivity contribution in [3.05, 3.63) is 47.7 Å². The van der Waals surface area contributed by atoms with E-state index in [9.17, 15) is 18.0 Å². The van der Waals surface area contributed by atoms with Crippen molar-refractivity contribution in [3.63, 3.8) is 0 Å². The summed E-state index contributed by atoms with van der Waals surface area (Å²) in [5, 5.41) is 2.64. The summed E-state index contributed by atoms with van der Waals surface area (Å²) in [5.41, 5.74) is -2.87. The van der Waals surface area contributed by atoms with Crippen LogP contribution in [0.3, 0.4) is 0 Å². The maximum Gasteiger partial charge on any atom is 0.487 e. The lowest BCUT2D eigenvalue weighted by Gasteiger charge is -2.20. The summed E-state index contributed by atoms with van der Waals surface area (Å²) in [6, 6.07) is 6.80. The number of benzene rings is 1. The number of anilines is 2. The third-order valence-electron chi connectivity index (χ3n) is 4.54. The summed E-state index contributed by atoms with van der Waals surface area (Å²) in [6.07, 6.45) is 2.30. The summed E-state index contributed by atoms with van der Waals surface area (Å²) in [4.78, 5) is 25.0. The highest BCUT2D eigenvalue weighted by Gasteiger charge is 2.28. The number of amides is 1. The first kappa shape index (κ1) is 24.7. The molecule has 1 atom stereocenters. The van der Waals surface area contributed by atoms with Crippen molar-refractivity contribution in [2.45, 2.75) is 18.2 Å². The van der Waals surface area contributed by atoms with Crippen LogP contribution in [-0.4, -0.2) is 66.0 Å². The van der Waals surface area contributed by atoms with Crippen LogP contribution in [0.15, 0.2) is 41.5 Å². The van der Waals surface area contributed by atoms with Crippen LogP contribution in [0.2, 0.25) is 0 Å². The number of hydrogen-bond acceptors (Lipinski definition) is 5. The minimum Gasteiger partial charge on any atom is -0.420 e. The van der Waals surface area contributed by atoms with Crippen LogP contribution in [0.25, 0.3) is 0 Å². The molecule has 1 amide bonds. The smallest absolute Gasteiger partial charge is 0.420 e. The number of aliphatic imine (C=N–C) groups is 1. The number of halogens is 4. The van der Waals surface area contributed by atoms with Gasteiger partial charge in [-0.05, 0) is 36.8 Å². The van der Waals surface area contributed by atoms with Gasteiger partial charge in [-0.3, -0.25) is 4.79 Å². The minimum atomic E-state index is -3.83. The molecule has 3 rings (SSSR count). The highest BCUT2D eigenvalue weighted by molar-refractivity contribution is 7.80. The molecule has 1 aromatic carbocycles. The SMILES string of the molecule is CN(C)/C=N/C(=S)c1cc(C(=O)Nc2ccc(OC(F)(F)Cl)cc2)cnc1N1CC[C@@H](F)C1. The van der Waals surface area contributed by atoms with Crippen molar-refractivity contribution >= 4 is 52.6 Å². The highest BCUT2D eigenvalue weighted by atomic mass is 35.5. The molecule has 0 bridgehead atoms. The molecule has 176 valence electrons. The highest BCUT2D eigenvalue weighted by Crippen LogP contribution is 2.27. The molecular weight excluding hydrogens is 479 g/mol.